The largest absolute Gasteiger partial charge is 0.359 e. The van der Waals surface area contributed by atoms with E-state index < -0.39 is 0 Å². The number of unbranched alkanes of at least 4 members (excludes halogenated alkanes) is 1. The molecule has 0 heterocycles. The van der Waals surface area contributed by atoms with Gasteiger partial charge in [0.05, 0.1) is 0 Å². The third kappa shape index (κ3) is 10.8. The van der Waals surface area contributed by atoms with Crippen molar-refractivity contribution < 1.29 is 4.79 Å². The van der Waals surface area contributed by atoms with Crippen molar-refractivity contribution in [3.05, 3.63) is 0 Å². The summed E-state index contributed by atoms with van der Waals surface area (Å²) in [5.41, 5.74) is 0. The summed E-state index contributed by atoms with van der Waals surface area (Å²) < 4.78 is 0. The van der Waals surface area contributed by atoms with Crippen LogP contribution in [0, 0.1) is 17.8 Å². The lowest BCUT2D eigenvalue weighted by molar-refractivity contribution is -0.125. The molecule has 126 valence electrons. The molecule has 0 bridgehead atoms. The zero-order valence-electron chi connectivity index (χ0n) is 15.2. The number of carbonyl (C=O) groups is 1. The normalized spacial score (nSPS) is 15.5. The van der Waals surface area contributed by atoms with Crippen LogP contribution in [0.25, 0.3) is 0 Å². The number of carbonyl (C=O) groups excluding carboxylic acids is 1. The van der Waals surface area contributed by atoms with Crippen LogP contribution in [0.5, 0.6) is 0 Å². The predicted molar refractivity (Wildman–Crippen MR) is 93.4 cm³/mol. The molecule has 2 nitrogen and oxygen atoms in total. The molecule has 0 rings (SSSR count). The highest BCUT2D eigenvalue weighted by Gasteiger charge is 2.17. The number of hydrogen-bond donors (Lipinski definition) is 1. The molecule has 0 saturated heterocycles. The van der Waals surface area contributed by atoms with Gasteiger partial charge >= 0.3 is 0 Å². The van der Waals surface area contributed by atoms with Crippen LogP contribution in [0.2, 0.25) is 0 Å². The highest BCUT2D eigenvalue weighted by atomic mass is 16.1. The highest BCUT2D eigenvalue weighted by molar-refractivity contribution is 5.78. The second-order valence-corrected chi connectivity index (χ2v) is 6.96. The summed E-state index contributed by atoms with van der Waals surface area (Å²) in [7, 11) is 1.77. The van der Waals surface area contributed by atoms with Gasteiger partial charge < -0.3 is 5.32 Å². The van der Waals surface area contributed by atoms with Gasteiger partial charge in [-0.15, -0.1) is 0 Å². The summed E-state index contributed by atoms with van der Waals surface area (Å²) in [6.45, 7) is 9.17. The topological polar surface area (TPSA) is 29.1 Å². The lowest BCUT2D eigenvalue weighted by Crippen LogP contribution is -2.27. The van der Waals surface area contributed by atoms with Crippen molar-refractivity contribution in [2.45, 2.75) is 91.9 Å². The Balaban J connectivity index is 3.99. The summed E-state index contributed by atoms with van der Waals surface area (Å²) in [5, 5.41) is 2.85. The lowest BCUT2D eigenvalue weighted by atomic mass is 9.89. The molecule has 1 amide bonds. The first kappa shape index (κ1) is 20.5. The van der Waals surface area contributed by atoms with E-state index in [4.69, 9.17) is 0 Å². The van der Waals surface area contributed by atoms with Crippen LogP contribution in [0.4, 0.5) is 0 Å². The third-order valence-corrected chi connectivity index (χ3v) is 4.69. The monoisotopic (exact) mass is 297 g/mol. The van der Waals surface area contributed by atoms with Gasteiger partial charge in [-0.25, -0.2) is 0 Å². The summed E-state index contributed by atoms with van der Waals surface area (Å²) >= 11 is 0. The molecule has 21 heavy (non-hydrogen) atoms. The minimum atomic E-state index is 0.232. The van der Waals surface area contributed by atoms with Crippen molar-refractivity contribution in [3.8, 4) is 0 Å². The minimum Gasteiger partial charge on any atom is -0.359 e. The predicted octanol–water partition coefficient (Wildman–Crippen LogP) is 5.56. The van der Waals surface area contributed by atoms with E-state index in [1.165, 1.54) is 51.4 Å². The van der Waals surface area contributed by atoms with Crippen molar-refractivity contribution in [1.82, 2.24) is 5.32 Å². The van der Waals surface area contributed by atoms with E-state index in [9.17, 15) is 4.79 Å². The van der Waals surface area contributed by atoms with E-state index in [0.29, 0.717) is 0 Å². The number of hydrogen-bond acceptors (Lipinski definition) is 1. The van der Waals surface area contributed by atoms with E-state index in [2.05, 4.69) is 33.0 Å². The van der Waals surface area contributed by atoms with Crippen LogP contribution in [0.1, 0.15) is 91.9 Å². The van der Waals surface area contributed by atoms with Crippen LogP contribution >= 0.6 is 0 Å². The maximum Gasteiger partial charge on any atom is 0.222 e. The Labute approximate surface area is 133 Å². The molecule has 0 radical (unpaired) electrons. The van der Waals surface area contributed by atoms with E-state index in [1.54, 1.807) is 7.05 Å². The van der Waals surface area contributed by atoms with Gasteiger partial charge in [0.25, 0.3) is 0 Å². The maximum atomic E-state index is 12.0. The maximum absolute atomic E-state index is 12.0. The van der Waals surface area contributed by atoms with E-state index in [0.717, 1.165) is 24.7 Å². The van der Waals surface area contributed by atoms with Gasteiger partial charge in [-0.3, -0.25) is 4.79 Å². The first-order valence-electron chi connectivity index (χ1n) is 9.26. The average Bonchev–Trinajstić information content (AvgIpc) is 2.46. The Morgan fingerprint density at radius 3 is 1.86 bits per heavy atom. The Morgan fingerprint density at radius 2 is 1.33 bits per heavy atom. The first-order valence-corrected chi connectivity index (χ1v) is 9.26. The third-order valence-electron chi connectivity index (χ3n) is 4.69. The van der Waals surface area contributed by atoms with E-state index >= 15 is 0 Å². The molecule has 0 aliphatic carbocycles. The SMILES string of the molecule is CCCC(C)CCCCC(CCC(C)CCC)C(=O)NC. The van der Waals surface area contributed by atoms with Crippen molar-refractivity contribution in [3.63, 3.8) is 0 Å². The summed E-state index contributed by atoms with van der Waals surface area (Å²) in [6, 6.07) is 0. The summed E-state index contributed by atoms with van der Waals surface area (Å²) in [6.07, 6.45) is 12.3. The van der Waals surface area contributed by atoms with Gasteiger partial charge in [-0.05, 0) is 31.1 Å². The first-order chi connectivity index (χ1) is 10.0. The Kier molecular flexibility index (Phi) is 12.8. The van der Waals surface area contributed by atoms with Gasteiger partial charge in [0.15, 0.2) is 0 Å². The van der Waals surface area contributed by atoms with Crippen LogP contribution in [-0.4, -0.2) is 13.0 Å². The molecular formula is C19H39NO. The van der Waals surface area contributed by atoms with Crippen LogP contribution in [-0.2, 0) is 4.79 Å². The smallest absolute Gasteiger partial charge is 0.222 e. The zero-order valence-corrected chi connectivity index (χ0v) is 15.2. The standard InChI is InChI=1S/C19H39NO/c1-6-10-16(3)12-8-9-13-18(19(21)20-5)15-14-17(4)11-7-2/h16-18H,6-15H2,1-5H3,(H,20,21). The van der Waals surface area contributed by atoms with Gasteiger partial charge in [0.1, 0.15) is 0 Å². The molecule has 1 N–H and O–H groups in total. The zero-order chi connectivity index (χ0) is 16.1. The Morgan fingerprint density at radius 1 is 0.810 bits per heavy atom. The van der Waals surface area contributed by atoms with Crippen LogP contribution in [0.3, 0.4) is 0 Å². The van der Waals surface area contributed by atoms with Crippen molar-refractivity contribution in [1.29, 1.82) is 0 Å². The molecule has 0 aliphatic rings. The van der Waals surface area contributed by atoms with Gasteiger partial charge in [0.2, 0.25) is 5.91 Å². The molecule has 3 unspecified atom stereocenters. The fourth-order valence-electron chi connectivity index (χ4n) is 3.25. The fourth-order valence-corrected chi connectivity index (χ4v) is 3.25. The quantitative estimate of drug-likeness (QED) is 0.443. The van der Waals surface area contributed by atoms with Gasteiger partial charge in [0, 0.05) is 13.0 Å². The molecule has 0 aromatic rings. The average molecular weight is 298 g/mol. The van der Waals surface area contributed by atoms with Crippen molar-refractivity contribution in [2.75, 3.05) is 7.05 Å². The van der Waals surface area contributed by atoms with Crippen LogP contribution < -0.4 is 5.32 Å². The number of nitrogens with one attached hydrogen (secondary N) is 1. The minimum absolute atomic E-state index is 0.232. The molecule has 0 aromatic heterocycles. The highest BCUT2D eigenvalue weighted by Crippen LogP contribution is 2.22. The van der Waals surface area contributed by atoms with Crippen molar-refractivity contribution in [2.24, 2.45) is 17.8 Å². The van der Waals surface area contributed by atoms with E-state index in [1.807, 2.05) is 0 Å². The molecular weight excluding hydrogens is 258 g/mol. The van der Waals surface area contributed by atoms with Gasteiger partial charge in [-0.1, -0.05) is 72.6 Å². The molecule has 0 aromatic carbocycles. The molecule has 2 heteroatoms. The number of rotatable bonds is 13. The molecule has 0 spiro atoms. The molecule has 0 fully saturated rings. The summed E-state index contributed by atoms with van der Waals surface area (Å²) in [4.78, 5) is 12.0. The second-order valence-electron chi connectivity index (χ2n) is 6.96. The van der Waals surface area contributed by atoms with Gasteiger partial charge in [-0.2, -0.15) is 0 Å². The molecule has 0 saturated carbocycles. The second kappa shape index (κ2) is 13.2. The lowest BCUT2D eigenvalue weighted by Gasteiger charge is -2.18. The molecule has 0 aliphatic heterocycles. The molecule has 3 atom stereocenters. The van der Waals surface area contributed by atoms with Crippen molar-refractivity contribution >= 4 is 5.91 Å². The number of amides is 1. The fraction of sp³-hybridized carbons (Fsp3) is 0.947. The summed E-state index contributed by atoms with van der Waals surface area (Å²) in [5.74, 6) is 2.08. The van der Waals surface area contributed by atoms with E-state index in [-0.39, 0.29) is 11.8 Å². The Hall–Kier alpha value is -0.530. The Bertz CT molecular complexity index is 252. The van der Waals surface area contributed by atoms with Crippen LogP contribution in [0.15, 0.2) is 0 Å².